The Morgan fingerprint density at radius 3 is 2.75 bits per heavy atom. The number of nitrogen functional groups attached to an aromatic ring is 1. The lowest BCUT2D eigenvalue weighted by atomic mass is 10.0. The van der Waals surface area contributed by atoms with Gasteiger partial charge in [-0.05, 0) is 37.3 Å². The average molecular weight is 345 g/mol. The van der Waals surface area contributed by atoms with E-state index < -0.39 is 4.92 Å². The summed E-state index contributed by atoms with van der Waals surface area (Å²) in [6.07, 6.45) is 0. The van der Waals surface area contributed by atoms with Gasteiger partial charge in [0.05, 0.1) is 10.5 Å². The third kappa shape index (κ3) is 2.77. The molecular formula is C16H13ClN4O3. The molecule has 4 N–H and O–H groups in total. The maximum atomic E-state index is 12.2. The smallest absolute Gasteiger partial charge is 0.289 e. The fraction of sp³-hybridized carbons (Fsp3) is 0.0625. The molecule has 0 fully saturated rings. The van der Waals surface area contributed by atoms with Crippen LogP contribution in [0.15, 0.2) is 42.1 Å². The number of allylic oxidation sites excluding steroid dienone is 1. The minimum Gasteiger partial charge on any atom is -0.399 e. The van der Waals surface area contributed by atoms with Crippen molar-refractivity contribution in [3.05, 3.63) is 62.8 Å². The molecular weight excluding hydrogens is 332 g/mol. The van der Waals surface area contributed by atoms with Gasteiger partial charge in [0.1, 0.15) is 5.02 Å². The van der Waals surface area contributed by atoms with Crippen LogP contribution >= 0.6 is 11.6 Å². The number of nitrogens with zero attached hydrogens (tertiary/aromatic N) is 1. The van der Waals surface area contributed by atoms with Crippen molar-refractivity contribution in [1.82, 2.24) is 0 Å². The summed E-state index contributed by atoms with van der Waals surface area (Å²) in [6.45, 7) is 1.72. The highest BCUT2D eigenvalue weighted by atomic mass is 35.5. The number of fused-ring (bicyclic) bond motifs is 1. The summed E-state index contributed by atoms with van der Waals surface area (Å²) in [5.74, 6) is -0.260. The first-order valence-corrected chi connectivity index (χ1v) is 7.37. The van der Waals surface area contributed by atoms with Crippen LogP contribution in [-0.4, -0.2) is 10.8 Å². The molecule has 8 heteroatoms. The van der Waals surface area contributed by atoms with Crippen molar-refractivity contribution in [3.8, 4) is 0 Å². The van der Waals surface area contributed by atoms with E-state index in [9.17, 15) is 14.9 Å². The Hall–Kier alpha value is -3.06. The Morgan fingerprint density at radius 1 is 1.29 bits per heavy atom. The zero-order valence-corrected chi connectivity index (χ0v) is 13.3. The van der Waals surface area contributed by atoms with Crippen LogP contribution in [0.5, 0.6) is 0 Å². The van der Waals surface area contributed by atoms with Crippen molar-refractivity contribution in [2.45, 2.75) is 6.92 Å². The maximum absolute atomic E-state index is 12.2. The molecule has 1 aliphatic heterocycles. The largest absolute Gasteiger partial charge is 0.399 e. The van der Waals surface area contributed by atoms with Crippen LogP contribution in [0.4, 0.5) is 22.7 Å². The van der Waals surface area contributed by atoms with Gasteiger partial charge in [0.25, 0.3) is 11.6 Å². The van der Waals surface area contributed by atoms with Crippen LogP contribution < -0.4 is 16.4 Å². The number of benzene rings is 2. The van der Waals surface area contributed by atoms with Crippen LogP contribution in [0.1, 0.15) is 12.5 Å². The van der Waals surface area contributed by atoms with Gasteiger partial charge in [0.2, 0.25) is 0 Å². The number of carbonyl (C=O) groups is 1. The van der Waals surface area contributed by atoms with E-state index in [2.05, 4.69) is 10.6 Å². The first kappa shape index (κ1) is 15.8. The molecule has 1 aliphatic rings. The van der Waals surface area contributed by atoms with Crippen molar-refractivity contribution in [2.24, 2.45) is 0 Å². The highest BCUT2D eigenvalue weighted by Crippen LogP contribution is 2.36. The molecule has 122 valence electrons. The molecule has 3 rings (SSSR count). The molecule has 0 atom stereocenters. The summed E-state index contributed by atoms with van der Waals surface area (Å²) < 4.78 is 0. The Labute approximate surface area is 142 Å². The monoisotopic (exact) mass is 344 g/mol. The SMILES string of the molecule is C/C(Nc1ccc(Cl)c([N+](=O)[O-])c1)=C1/C(=O)Nc2ccc(N)cc21. The first-order chi connectivity index (χ1) is 11.4. The van der Waals surface area contributed by atoms with E-state index in [4.69, 9.17) is 17.3 Å². The van der Waals surface area contributed by atoms with E-state index >= 15 is 0 Å². The van der Waals surface area contributed by atoms with E-state index in [-0.39, 0.29) is 16.6 Å². The average Bonchev–Trinajstić information content (AvgIpc) is 2.84. The molecule has 0 unspecified atom stereocenters. The van der Waals surface area contributed by atoms with Crippen LogP contribution in [0.25, 0.3) is 5.57 Å². The lowest BCUT2D eigenvalue weighted by Gasteiger charge is -2.10. The zero-order valence-electron chi connectivity index (χ0n) is 12.6. The molecule has 1 heterocycles. The second-order valence-electron chi connectivity index (χ2n) is 5.31. The van der Waals surface area contributed by atoms with Crippen molar-refractivity contribution < 1.29 is 9.72 Å². The second-order valence-corrected chi connectivity index (χ2v) is 5.71. The molecule has 2 aromatic rings. The predicted octanol–water partition coefficient (Wildman–Crippen LogP) is 3.63. The molecule has 24 heavy (non-hydrogen) atoms. The number of nitro groups is 1. The summed E-state index contributed by atoms with van der Waals surface area (Å²) in [4.78, 5) is 22.6. The molecule has 7 nitrogen and oxygen atoms in total. The number of rotatable bonds is 3. The molecule has 0 saturated heterocycles. The van der Waals surface area contributed by atoms with Crippen LogP contribution in [-0.2, 0) is 4.79 Å². The number of carbonyl (C=O) groups excluding carboxylic acids is 1. The number of nitrogens with one attached hydrogen (secondary N) is 2. The lowest BCUT2D eigenvalue weighted by Crippen LogP contribution is -2.09. The third-order valence-corrected chi connectivity index (χ3v) is 3.96. The first-order valence-electron chi connectivity index (χ1n) is 7.00. The van der Waals surface area contributed by atoms with Crippen LogP contribution in [0.3, 0.4) is 0 Å². The number of hydrogen-bond donors (Lipinski definition) is 3. The number of halogens is 1. The summed E-state index contributed by atoms with van der Waals surface area (Å²) >= 11 is 5.80. The highest BCUT2D eigenvalue weighted by molar-refractivity contribution is 6.33. The van der Waals surface area contributed by atoms with Crippen LogP contribution in [0.2, 0.25) is 5.02 Å². The minimum absolute atomic E-state index is 0.0487. The standard InChI is InChI=1S/C16H13ClN4O3/c1-8(19-10-3-4-12(17)14(7-10)21(23)24)15-11-6-9(18)2-5-13(11)20-16(15)22/h2-7,19H,18H2,1H3,(H,20,22)/b15-8-. The number of nitrogens with two attached hydrogens (primary N) is 1. The second kappa shape index (κ2) is 5.86. The van der Waals surface area contributed by atoms with E-state index in [1.54, 1.807) is 31.2 Å². The Bertz CT molecular complexity index is 908. The Kier molecular flexibility index (Phi) is 3.86. The number of amides is 1. The molecule has 2 aromatic carbocycles. The van der Waals surface area contributed by atoms with Gasteiger partial charge in [-0.1, -0.05) is 11.6 Å². The van der Waals surface area contributed by atoms with Gasteiger partial charge in [-0.15, -0.1) is 0 Å². The van der Waals surface area contributed by atoms with E-state index in [0.717, 1.165) is 0 Å². The Balaban J connectivity index is 2.01. The van der Waals surface area contributed by atoms with Crippen molar-refractivity contribution in [3.63, 3.8) is 0 Å². The van der Waals surface area contributed by atoms with Gasteiger partial charge < -0.3 is 16.4 Å². The molecule has 0 aliphatic carbocycles. The lowest BCUT2D eigenvalue weighted by molar-refractivity contribution is -0.384. The van der Waals surface area contributed by atoms with Gasteiger partial charge in [0.15, 0.2) is 0 Å². The van der Waals surface area contributed by atoms with Gasteiger partial charge in [-0.3, -0.25) is 14.9 Å². The maximum Gasteiger partial charge on any atom is 0.289 e. The normalized spacial score (nSPS) is 14.8. The summed E-state index contributed by atoms with van der Waals surface area (Å²) in [5.41, 5.74) is 8.93. The van der Waals surface area contributed by atoms with Gasteiger partial charge in [0, 0.05) is 34.4 Å². The zero-order chi connectivity index (χ0) is 17.4. The summed E-state index contributed by atoms with van der Waals surface area (Å²) in [6, 6.07) is 9.49. The van der Waals surface area contributed by atoms with E-state index in [1.165, 1.54) is 12.1 Å². The third-order valence-electron chi connectivity index (χ3n) is 3.64. The number of hydrogen-bond acceptors (Lipinski definition) is 5. The van der Waals surface area contributed by atoms with Gasteiger partial charge in [-0.2, -0.15) is 0 Å². The minimum atomic E-state index is -0.561. The predicted molar refractivity (Wildman–Crippen MR) is 93.8 cm³/mol. The fourth-order valence-corrected chi connectivity index (χ4v) is 2.75. The summed E-state index contributed by atoms with van der Waals surface area (Å²) in [5, 5.41) is 16.8. The highest BCUT2D eigenvalue weighted by Gasteiger charge is 2.26. The number of nitro benzene ring substituents is 1. The van der Waals surface area contributed by atoms with Crippen molar-refractivity contribution >= 4 is 45.8 Å². The van der Waals surface area contributed by atoms with Crippen LogP contribution in [0, 0.1) is 10.1 Å². The van der Waals surface area contributed by atoms with Gasteiger partial charge in [-0.25, -0.2) is 0 Å². The van der Waals surface area contributed by atoms with E-state index in [0.29, 0.717) is 33.9 Å². The molecule has 0 aromatic heterocycles. The van der Waals surface area contributed by atoms with Gasteiger partial charge >= 0.3 is 0 Å². The molecule has 0 bridgehead atoms. The topological polar surface area (TPSA) is 110 Å². The Morgan fingerprint density at radius 2 is 2.04 bits per heavy atom. The molecule has 0 radical (unpaired) electrons. The van der Waals surface area contributed by atoms with Crippen molar-refractivity contribution in [2.75, 3.05) is 16.4 Å². The molecule has 1 amide bonds. The summed E-state index contributed by atoms with van der Waals surface area (Å²) in [7, 11) is 0. The fourth-order valence-electron chi connectivity index (χ4n) is 2.57. The van der Waals surface area contributed by atoms with Crippen molar-refractivity contribution in [1.29, 1.82) is 0 Å². The number of anilines is 3. The molecule has 0 saturated carbocycles. The molecule has 0 spiro atoms. The van der Waals surface area contributed by atoms with E-state index in [1.807, 2.05) is 0 Å². The quantitative estimate of drug-likeness (QED) is 0.341.